The normalized spacial score (nSPS) is 17.9. The Bertz CT molecular complexity index is 615. The lowest BCUT2D eigenvalue weighted by Crippen LogP contribution is -2.13. The summed E-state index contributed by atoms with van der Waals surface area (Å²) in [6.45, 7) is 4.45. The fraction of sp³-hybridized carbons (Fsp3) is 0.400. The Kier molecular flexibility index (Phi) is 4.28. The predicted molar refractivity (Wildman–Crippen MR) is 90.9 cm³/mol. The van der Waals surface area contributed by atoms with Crippen LogP contribution in [-0.2, 0) is 12.8 Å². The standard InChI is InChI=1S/C20H25N/c1-3-16-12-8-9-15(2)20(16)21-19-14-7-5-11-17-10-4-6-13-18(17)19/h4,6,8-10,12-13,19,21H,3,5,7,11,14H2,1-2H3. The van der Waals surface area contributed by atoms with Gasteiger partial charge in [-0.05, 0) is 54.9 Å². The van der Waals surface area contributed by atoms with E-state index in [1.807, 2.05) is 0 Å². The molecule has 1 atom stereocenters. The first-order valence-electron chi connectivity index (χ1n) is 8.22. The summed E-state index contributed by atoms with van der Waals surface area (Å²) in [7, 11) is 0. The molecule has 110 valence electrons. The molecule has 0 aliphatic heterocycles. The molecule has 2 aromatic carbocycles. The Morgan fingerprint density at radius 2 is 1.90 bits per heavy atom. The summed E-state index contributed by atoms with van der Waals surface area (Å²) in [4.78, 5) is 0. The van der Waals surface area contributed by atoms with E-state index in [2.05, 4.69) is 61.6 Å². The topological polar surface area (TPSA) is 12.0 Å². The maximum absolute atomic E-state index is 3.86. The first kappa shape index (κ1) is 14.2. The van der Waals surface area contributed by atoms with Crippen LogP contribution in [0.15, 0.2) is 42.5 Å². The van der Waals surface area contributed by atoms with E-state index in [1.165, 1.54) is 53.6 Å². The Morgan fingerprint density at radius 3 is 2.76 bits per heavy atom. The van der Waals surface area contributed by atoms with Gasteiger partial charge in [0, 0.05) is 5.69 Å². The Labute approximate surface area is 128 Å². The van der Waals surface area contributed by atoms with Crippen LogP contribution >= 0.6 is 0 Å². The number of aryl methyl sites for hydroxylation is 3. The first-order chi connectivity index (χ1) is 10.3. The van der Waals surface area contributed by atoms with Crippen molar-refractivity contribution in [1.82, 2.24) is 0 Å². The number of hydrogen-bond donors (Lipinski definition) is 1. The molecule has 0 heterocycles. The van der Waals surface area contributed by atoms with Gasteiger partial charge in [-0.3, -0.25) is 0 Å². The molecule has 1 heteroatoms. The van der Waals surface area contributed by atoms with Crippen molar-refractivity contribution in [2.75, 3.05) is 5.32 Å². The molecule has 0 bridgehead atoms. The molecule has 0 radical (unpaired) electrons. The summed E-state index contributed by atoms with van der Waals surface area (Å²) in [6, 6.07) is 16.0. The van der Waals surface area contributed by atoms with Crippen molar-refractivity contribution in [3.63, 3.8) is 0 Å². The summed E-state index contributed by atoms with van der Waals surface area (Å²) >= 11 is 0. The van der Waals surface area contributed by atoms with Crippen LogP contribution < -0.4 is 5.32 Å². The van der Waals surface area contributed by atoms with E-state index in [0.717, 1.165) is 6.42 Å². The molecule has 1 aliphatic carbocycles. The van der Waals surface area contributed by atoms with Crippen LogP contribution in [0.25, 0.3) is 0 Å². The molecule has 0 spiro atoms. The summed E-state index contributed by atoms with van der Waals surface area (Å²) < 4.78 is 0. The van der Waals surface area contributed by atoms with E-state index >= 15 is 0 Å². The number of benzene rings is 2. The minimum atomic E-state index is 0.454. The number of para-hydroxylation sites is 1. The van der Waals surface area contributed by atoms with E-state index in [1.54, 1.807) is 0 Å². The first-order valence-corrected chi connectivity index (χ1v) is 8.22. The summed E-state index contributed by atoms with van der Waals surface area (Å²) in [5, 5.41) is 3.86. The zero-order valence-electron chi connectivity index (χ0n) is 13.2. The van der Waals surface area contributed by atoms with Crippen LogP contribution in [0.4, 0.5) is 5.69 Å². The number of anilines is 1. The van der Waals surface area contributed by atoms with Gasteiger partial charge >= 0.3 is 0 Å². The fourth-order valence-corrected chi connectivity index (χ4v) is 3.48. The maximum atomic E-state index is 3.86. The zero-order valence-corrected chi connectivity index (χ0v) is 13.2. The van der Waals surface area contributed by atoms with Crippen molar-refractivity contribution in [2.45, 2.75) is 52.0 Å². The number of rotatable bonds is 3. The number of hydrogen-bond acceptors (Lipinski definition) is 1. The highest BCUT2D eigenvalue weighted by atomic mass is 14.9. The van der Waals surface area contributed by atoms with Crippen molar-refractivity contribution in [1.29, 1.82) is 0 Å². The van der Waals surface area contributed by atoms with Gasteiger partial charge in [0.1, 0.15) is 0 Å². The van der Waals surface area contributed by atoms with Gasteiger partial charge in [-0.1, -0.05) is 55.8 Å². The Hall–Kier alpha value is -1.76. The lowest BCUT2D eigenvalue weighted by atomic mass is 9.97. The van der Waals surface area contributed by atoms with Crippen LogP contribution in [0.2, 0.25) is 0 Å². The van der Waals surface area contributed by atoms with Gasteiger partial charge in [0.2, 0.25) is 0 Å². The third-order valence-corrected chi connectivity index (χ3v) is 4.68. The second-order valence-corrected chi connectivity index (χ2v) is 6.10. The molecular formula is C20H25N. The van der Waals surface area contributed by atoms with E-state index in [0.29, 0.717) is 6.04 Å². The second kappa shape index (κ2) is 6.34. The molecule has 1 aliphatic rings. The smallest absolute Gasteiger partial charge is 0.0516 e. The summed E-state index contributed by atoms with van der Waals surface area (Å²) in [5.74, 6) is 0. The van der Waals surface area contributed by atoms with Gasteiger partial charge in [-0.25, -0.2) is 0 Å². The summed E-state index contributed by atoms with van der Waals surface area (Å²) in [6.07, 6.45) is 6.15. The molecule has 0 saturated carbocycles. The van der Waals surface area contributed by atoms with Gasteiger partial charge in [0.25, 0.3) is 0 Å². The second-order valence-electron chi connectivity index (χ2n) is 6.10. The quantitative estimate of drug-likeness (QED) is 0.738. The molecule has 0 amide bonds. The molecule has 0 saturated heterocycles. The molecule has 0 aromatic heterocycles. The summed E-state index contributed by atoms with van der Waals surface area (Å²) in [5.41, 5.74) is 7.16. The average molecular weight is 279 g/mol. The lowest BCUT2D eigenvalue weighted by molar-refractivity contribution is 0.643. The van der Waals surface area contributed by atoms with E-state index in [-0.39, 0.29) is 0 Å². The van der Waals surface area contributed by atoms with Crippen molar-refractivity contribution < 1.29 is 0 Å². The monoisotopic (exact) mass is 279 g/mol. The van der Waals surface area contributed by atoms with E-state index < -0.39 is 0 Å². The zero-order chi connectivity index (χ0) is 14.7. The van der Waals surface area contributed by atoms with Crippen molar-refractivity contribution >= 4 is 5.69 Å². The average Bonchev–Trinajstić information content (AvgIpc) is 2.72. The number of nitrogens with one attached hydrogen (secondary N) is 1. The number of fused-ring (bicyclic) bond motifs is 1. The molecule has 21 heavy (non-hydrogen) atoms. The predicted octanol–water partition coefficient (Wildman–Crippen LogP) is 5.44. The third kappa shape index (κ3) is 2.97. The van der Waals surface area contributed by atoms with Gasteiger partial charge < -0.3 is 5.32 Å². The van der Waals surface area contributed by atoms with Crippen molar-refractivity contribution in [3.8, 4) is 0 Å². The van der Waals surface area contributed by atoms with Crippen LogP contribution in [0.3, 0.4) is 0 Å². The molecule has 3 rings (SSSR count). The van der Waals surface area contributed by atoms with Crippen molar-refractivity contribution in [3.05, 3.63) is 64.7 Å². The van der Waals surface area contributed by atoms with E-state index in [4.69, 9.17) is 0 Å². The lowest BCUT2D eigenvalue weighted by Gasteiger charge is -2.23. The highest BCUT2D eigenvalue weighted by Gasteiger charge is 2.19. The van der Waals surface area contributed by atoms with Crippen LogP contribution in [0.5, 0.6) is 0 Å². The van der Waals surface area contributed by atoms with Gasteiger partial charge in [-0.15, -0.1) is 0 Å². The molecule has 0 fully saturated rings. The highest BCUT2D eigenvalue weighted by molar-refractivity contribution is 5.58. The largest absolute Gasteiger partial charge is 0.378 e. The van der Waals surface area contributed by atoms with E-state index in [9.17, 15) is 0 Å². The van der Waals surface area contributed by atoms with Crippen LogP contribution in [0.1, 0.15) is 54.5 Å². The molecule has 1 unspecified atom stereocenters. The maximum Gasteiger partial charge on any atom is 0.0516 e. The van der Waals surface area contributed by atoms with Crippen LogP contribution in [0, 0.1) is 6.92 Å². The molecular weight excluding hydrogens is 254 g/mol. The highest BCUT2D eigenvalue weighted by Crippen LogP contribution is 2.33. The molecule has 1 nitrogen and oxygen atoms in total. The SMILES string of the molecule is CCc1cccc(C)c1NC1CCCCc2ccccc21. The third-order valence-electron chi connectivity index (χ3n) is 4.68. The molecule has 1 N–H and O–H groups in total. The van der Waals surface area contributed by atoms with Gasteiger partial charge in [0.05, 0.1) is 6.04 Å². The Balaban J connectivity index is 1.95. The van der Waals surface area contributed by atoms with Crippen molar-refractivity contribution in [2.24, 2.45) is 0 Å². The van der Waals surface area contributed by atoms with Gasteiger partial charge in [0.15, 0.2) is 0 Å². The minimum absolute atomic E-state index is 0.454. The van der Waals surface area contributed by atoms with Gasteiger partial charge in [-0.2, -0.15) is 0 Å². The fourth-order valence-electron chi connectivity index (χ4n) is 3.48. The van der Waals surface area contributed by atoms with Crippen LogP contribution in [-0.4, -0.2) is 0 Å². The molecule has 2 aromatic rings. The minimum Gasteiger partial charge on any atom is -0.378 e. The Morgan fingerprint density at radius 1 is 1.05 bits per heavy atom.